The maximum absolute atomic E-state index is 5.93. The zero-order chi connectivity index (χ0) is 22.5. The molecule has 0 aliphatic carbocycles. The number of nitrogens with zero attached hydrogens (tertiary/aromatic N) is 6. The number of anilines is 2. The van der Waals surface area contributed by atoms with Crippen molar-refractivity contribution in [2.75, 3.05) is 57.9 Å². The molecule has 3 heterocycles. The standard InChI is InChI=1S/C23H34N8O/c1-4-5-8-25-22-21-19(27-23(24)28-22)14-26-31(21)16-18-13-17(6-7-20(18)32-3)15-30-11-9-29(2)10-12-30/h6-7,13-14H,4-5,8-12,15-16H2,1-3H3,(H3,24,25,27,28). The average molecular weight is 439 g/mol. The van der Waals surface area contributed by atoms with Crippen LogP contribution in [0.1, 0.15) is 30.9 Å². The summed E-state index contributed by atoms with van der Waals surface area (Å²) in [6.07, 6.45) is 3.91. The monoisotopic (exact) mass is 438 g/mol. The number of unbranched alkanes of at least 4 members (excludes halogenated alkanes) is 1. The molecule has 0 radical (unpaired) electrons. The van der Waals surface area contributed by atoms with Gasteiger partial charge in [0, 0.05) is 44.8 Å². The second kappa shape index (κ2) is 10.1. The fourth-order valence-electron chi connectivity index (χ4n) is 4.12. The first kappa shape index (κ1) is 22.3. The Morgan fingerprint density at radius 3 is 2.69 bits per heavy atom. The molecular formula is C23H34N8O. The van der Waals surface area contributed by atoms with Crippen LogP contribution in [0.5, 0.6) is 5.75 Å². The number of nitrogens with one attached hydrogen (secondary N) is 1. The van der Waals surface area contributed by atoms with E-state index >= 15 is 0 Å². The van der Waals surface area contributed by atoms with Crippen molar-refractivity contribution in [2.24, 2.45) is 0 Å². The second-order valence-corrected chi connectivity index (χ2v) is 8.47. The lowest BCUT2D eigenvalue weighted by atomic mass is 10.1. The number of hydrogen-bond donors (Lipinski definition) is 2. The van der Waals surface area contributed by atoms with Crippen LogP contribution < -0.4 is 15.8 Å². The number of aromatic nitrogens is 4. The fraction of sp³-hybridized carbons (Fsp3) is 0.522. The van der Waals surface area contributed by atoms with Crippen LogP contribution in [0.3, 0.4) is 0 Å². The molecule has 0 spiro atoms. The first-order valence-electron chi connectivity index (χ1n) is 11.4. The van der Waals surface area contributed by atoms with E-state index in [0.717, 1.165) is 80.3 Å². The summed E-state index contributed by atoms with van der Waals surface area (Å²) >= 11 is 0. The molecule has 0 amide bonds. The van der Waals surface area contributed by atoms with E-state index in [2.05, 4.69) is 62.4 Å². The largest absolute Gasteiger partial charge is 0.496 e. The van der Waals surface area contributed by atoms with Crippen molar-refractivity contribution >= 4 is 22.8 Å². The van der Waals surface area contributed by atoms with Crippen LogP contribution in [0.25, 0.3) is 11.0 Å². The Morgan fingerprint density at radius 1 is 1.12 bits per heavy atom. The number of ether oxygens (including phenoxy) is 1. The van der Waals surface area contributed by atoms with Gasteiger partial charge in [0.2, 0.25) is 5.95 Å². The quantitative estimate of drug-likeness (QED) is 0.492. The zero-order valence-corrected chi connectivity index (χ0v) is 19.3. The lowest BCUT2D eigenvalue weighted by molar-refractivity contribution is 0.148. The van der Waals surface area contributed by atoms with Gasteiger partial charge in [-0.2, -0.15) is 10.1 Å². The summed E-state index contributed by atoms with van der Waals surface area (Å²) in [5.41, 5.74) is 9.89. The number of likely N-dealkylation sites (N-methyl/N-ethyl adjacent to an activating group) is 1. The molecule has 0 saturated carbocycles. The molecule has 32 heavy (non-hydrogen) atoms. The Labute approximate surface area is 189 Å². The van der Waals surface area contributed by atoms with Gasteiger partial charge in [0.05, 0.1) is 19.9 Å². The molecule has 1 saturated heterocycles. The van der Waals surface area contributed by atoms with E-state index in [-0.39, 0.29) is 5.95 Å². The highest BCUT2D eigenvalue weighted by molar-refractivity contribution is 5.86. The lowest BCUT2D eigenvalue weighted by Crippen LogP contribution is -2.43. The van der Waals surface area contributed by atoms with Gasteiger partial charge in [-0.05, 0) is 31.2 Å². The molecule has 9 heteroatoms. The molecule has 0 atom stereocenters. The van der Waals surface area contributed by atoms with E-state index in [1.807, 2.05) is 4.68 Å². The predicted octanol–water partition coefficient (Wildman–Crippen LogP) is 2.42. The van der Waals surface area contributed by atoms with Gasteiger partial charge in [-0.3, -0.25) is 9.58 Å². The molecule has 1 aromatic carbocycles. The molecule has 0 bridgehead atoms. The predicted molar refractivity (Wildman–Crippen MR) is 128 cm³/mol. The summed E-state index contributed by atoms with van der Waals surface area (Å²) in [5, 5.41) is 8.00. The van der Waals surface area contributed by atoms with Gasteiger partial charge in [-0.15, -0.1) is 0 Å². The van der Waals surface area contributed by atoms with E-state index in [1.54, 1.807) is 13.3 Å². The van der Waals surface area contributed by atoms with E-state index in [9.17, 15) is 0 Å². The average Bonchev–Trinajstić information content (AvgIpc) is 3.18. The minimum Gasteiger partial charge on any atom is -0.496 e. The Hall–Kier alpha value is -2.91. The maximum Gasteiger partial charge on any atom is 0.222 e. The SMILES string of the molecule is CCCCNc1nc(N)nc2cnn(Cc3cc(CN4CCN(C)CC4)ccc3OC)c12. The van der Waals surface area contributed by atoms with Crippen molar-refractivity contribution in [1.82, 2.24) is 29.5 Å². The Bertz CT molecular complexity index is 1040. The number of nitrogen functional groups attached to an aromatic ring is 1. The molecule has 1 aliphatic rings. The molecule has 0 unspecified atom stereocenters. The summed E-state index contributed by atoms with van der Waals surface area (Å²) in [6.45, 7) is 8.90. The summed E-state index contributed by atoms with van der Waals surface area (Å²) in [7, 11) is 3.89. The molecule has 3 N–H and O–H groups in total. The summed E-state index contributed by atoms with van der Waals surface area (Å²) in [5.74, 6) is 1.83. The summed E-state index contributed by atoms with van der Waals surface area (Å²) < 4.78 is 7.60. The smallest absolute Gasteiger partial charge is 0.222 e. The van der Waals surface area contributed by atoms with Gasteiger partial charge in [0.25, 0.3) is 0 Å². The van der Waals surface area contributed by atoms with Crippen molar-refractivity contribution in [3.05, 3.63) is 35.5 Å². The minimum atomic E-state index is 0.253. The van der Waals surface area contributed by atoms with Crippen LogP contribution in [0.2, 0.25) is 0 Å². The number of rotatable bonds is 9. The third kappa shape index (κ3) is 5.11. The maximum atomic E-state index is 5.93. The first-order chi connectivity index (χ1) is 15.6. The number of fused-ring (bicyclic) bond motifs is 1. The Kier molecular flexibility index (Phi) is 7.06. The summed E-state index contributed by atoms with van der Waals surface area (Å²) in [4.78, 5) is 13.7. The molecule has 3 aromatic rings. The Balaban J connectivity index is 1.60. The van der Waals surface area contributed by atoms with E-state index in [4.69, 9.17) is 10.5 Å². The third-order valence-electron chi connectivity index (χ3n) is 6.00. The minimum absolute atomic E-state index is 0.253. The van der Waals surface area contributed by atoms with Gasteiger partial charge < -0.3 is 20.7 Å². The van der Waals surface area contributed by atoms with Crippen molar-refractivity contribution < 1.29 is 4.74 Å². The van der Waals surface area contributed by atoms with Crippen molar-refractivity contribution in [3.63, 3.8) is 0 Å². The topological polar surface area (TPSA) is 97.4 Å². The van der Waals surface area contributed by atoms with Crippen molar-refractivity contribution in [2.45, 2.75) is 32.9 Å². The lowest BCUT2D eigenvalue weighted by Gasteiger charge is -2.32. The van der Waals surface area contributed by atoms with Crippen molar-refractivity contribution in [3.8, 4) is 5.75 Å². The van der Waals surface area contributed by atoms with Crippen LogP contribution in [-0.2, 0) is 13.1 Å². The molecule has 9 nitrogen and oxygen atoms in total. The zero-order valence-electron chi connectivity index (χ0n) is 19.3. The van der Waals surface area contributed by atoms with E-state index in [0.29, 0.717) is 6.54 Å². The van der Waals surface area contributed by atoms with Crippen LogP contribution in [-0.4, -0.2) is 76.4 Å². The van der Waals surface area contributed by atoms with Crippen LogP contribution >= 0.6 is 0 Å². The van der Waals surface area contributed by atoms with Gasteiger partial charge in [-0.25, -0.2) is 4.98 Å². The normalized spacial score (nSPS) is 15.3. The number of methoxy groups -OCH3 is 1. The van der Waals surface area contributed by atoms with Crippen molar-refractivity contribution in [1.29, 1.82) is 0 Å². The molecule has 1 aliphatic heterocycles. The molecule has 4 rings (SSSR count). The van der Waals surface area contributed by atoms with Crippen LogP contribution in [0, 0.1) is 0 Å². The first-order valence-corrected chi connectivity index (χ1v) is 11.4. The molecule has 1 fully saturated rings. The number of benzene rings is 1. The highest BCUT2D eigenvalue weighted by Crippen LogP contribution is 2.26. The van der Waals surface area contributed by atoms with Crippen LogP contribution in [0.15, 0.2) is 24.4 Å². The highest BCUT2D eigenvalue weighted by atomic mass is 16.5. The van der Waals surface area contributed by atoms with E-state index < -0.39 is 0 Å². The Morgan fingerprint density at radius 2 is 1.94 bits per heavy atom. The van der Waals surface area contributed by atoms with Gasteiger partial charge in [-0.1, -0.05) is 19.4 Å². The van der Waals surface area contributed by atoms with Gasteiger partial charge in [0.15, 0.2) is 5.82 Å². The third-order valence-corrected chi connectivity index (χ3v) is 6.00. The number of nitrogens with two attached hydrogens (primary N) is 1. The number of hydrogen-bond acceptors (Lipinski definition) is 8. The fourth-order valence-corrected chi connectivity index (χ4v) is 4.12. The number of piperazine rings is 1. The summed E-state index contributed by atoms with van der Waals surface area (Å²) in [6, 6.07) is 6.44. The van der Waals surface area contributed by atoms with E-state index in [1.165, 1.54) is 5.56 Å². The molecular weight excluding hydrogens is 404 g/mol. The van der Waals surface area contributed by atoms with Gasteiger partial charge >= 0.3 is 0 Å². The van der Waals surface area contributed by atoms with Gasteiger partial charge in [0.1, 0.15) is 16.8 Å². The molecule has 2 aromatic heterocycles. The molecule has 172 valence electrons. The second-order valence-electron chi connectivity index (χ2n) is 8.47. The van der Waals surface area contributed by atoms with Crippen LogP contribution in [0.4, 0.5) is 11.8 Å². The highest BCUT2D eigenvalue weighted by Gasteiger charge is 2.17.